The van der Waals surface area contributed by atoms with Gasteiger partial charge >= 0.3 is 5.97 Å². The third-order valence-electron chi connectivity index (χ3n) is 5.69. The van der Waals surface area contributed by atoms with Crippen LogP contribution in [0.5, 0.6) is 5.75 Å². The van der Waals surface area contributed by atoms with Gasteiger partial charge in [0.1, 0.15) is 12.4 Å². The smallest absolute Gasteiger partial charge is 0.306 e. The monoisotopic (exact) mass is 421 g/mol. The number of benzene rings is 2. The van der Waals surface area contributed by atoms with Gasteiger partial charge in [0, 0.05) is 4.88 Å². The Morgan fingerprint density at radius 1 is 1.13 bits per heavy atom. The molecule has 1 N–H and O–H groups in total. The van der Waals surface area contributed by atoms with Gasteiger partial charge in [-0.2, -0.15) is 0 Å². The van der Waals surface area contributed by atoms with Crippen LogP contribution < -0.4 is 4.74 Å². The zero-order valence-corrected chi connectivity index (χ0v) is 18.0. The first-order chi connectivity index (χ1) is 14.6. The number of aliphatic carboxylic acids is 1. The van der Waals surface area contributed by atoms with E-state index < -0.39 is 5.97 Å². The van der Waals surface area contributed by atoms with E-state index in [2.05, 4.69) is 47.5 Å². The molecule has 5 heteroatoms. The largest absolute Gasteiger partial charge is 0.489 e. The van der Waals surface area contributed by atoms with Gasteiger partial charge in [0.2, 0.25) is 0 Å². The SMILES string of the molecule is Cc1csc(C(c2cccc(OCc3ccccc3)c2)N2CCC(C(=O)O)CC2)c1. The average molecular weight is 422 g/mol. The molecular formula is C25H27NO3S. The molecule has 0 spiro atoms. The molecule has 1 unspecified atom stereocenters. The second-order valence-corrected chi connectivity index (χ2v) is 8.87. The number of carbonyl (C=O) groups is 1. The summed E-state index contributed by atoms with van der Waals surface area (Å²) in [6.45, 7) is 4.23. The second-order valence-electron chi connectivity index (χ2n) is 7.92. The molecule has 1 aliphatic heterocycles. The number of thiophene rings is 1. The zero-order chi connectivity index (χ0) is 20.9. The molecule has 0 radical (unpaired) electrons. The van der Waals surface area contributed by atoms with Crippen LogP contribution in [0.25, 0.3) is 0 Å². The van der Waals surface area contributed by atoms with Gasteiger partial charge in [0.15, 0.2) is 0 Å². The predicted octanol–water partition coefficient (Wildman–Crippen LogP) is 5.52. The standard InChI is InChI=1S/C25H27NO3S/c1-18-14-23(30-17-18)24(26-12-10-20(11-13-26)25(27)28)21-8-5-9-22(15-21)29-16-19-6-3-2-4-7-19/h2-9,14-15,17,20,24H,10-13,16H2,1H3,(H,27,28). The summed E-state index contributed by atoms with van der Waals surface area (Å²) in [7, 11) is 0. The summed E-state index contributed by atoms with van der Waals surface area (Å²) in [5.41, 5.74) is 3.59. The van der Waals surface area contributed by atoms with Crippen LogP contribution in [0.2, 0.25) is 0 Å². The Kier molecular flexibility index (Phi) is 6.50. The highest BCUT2D eigenvalue weighted by Crippen LogP contribution is 2.37. The first kappa shape index (κ1) is 20.6. The van der Waals surface area contributed by atoms with Gasteiger partial charge < -0.3 is 9.84 Å². The van der Waals surface area contributed by atoms with E-state index >= 15 is 0 Å². The molecule has 4 rings (SSSR count). The summed E-state index contributed by atoms with van der Waals surface area (Å²) in [4.78, 5) is 15.1. The molecule has 1 aliphatic rings. The van der Waals surface area contributed by atoms with Crippen molar-refractivity contribution in [3.05, 3.63) is 87.6 Å². The summed E-state index contributed by atoms with van der Waals surface area (Å²) in [5.74, 6) is -0.0444. The Balaban J connectivity index is 1.56. The summed E-state index contributed by atoms with van der Waals surface area (Å²) >= 11 is 1.77. The lowest BCUT2D eigenvalue weighted by molar-refractivity contribution is -0.143. The van der Waals surface area contributed by atoms with Crippen LogP contribution in [0.1, 0.15) is 40.5 Å². The predicted molar refractivity (Wildman–Crippen MR) is 120 cm³/mol. The van der Waals surface area contributed by atoms with Crippen LogP contribution in [-0.2, 0) is 11.4 Å². The van der Waals surface area contributed by atoms with Crippen molar-refractivity contribution in [1.29, 1.82) is 0 Å². The van der Waals surface area contributed by atoms with Gasteiger partial charge in [-0.1, -0.05) is 42.5 Å². The number of carboxylic acids is 1. The van der Waals surface area contributed by atoms with Gasteiger partial charge in [0.25, 0.3) is 0 Å². The minimum absolute atomic E-state index is 0.124. The summed E-state index contributed by atoms with van der Waals surface area (Å²) in [6.07, 6.45) is 1.39. The molecule has 30 heavy (non-hydrogen) atoms. The Labute approximate surface area is 181 Å². The molecule has 0 aliphatic carbocycles. The fraction of sp³-hybridized carbons (Fsp3) is 0.320. The molecule has 4 nitrogen and oxygen atoms in total. The zero-order valence-electron chi connectivity index (χ0n) is 17.2. The van der Waals surface area contributed by atoms with E-state index in [1.807, 2.05) is 30.3 Å². The fourth-order valence-electron chi connectivity index (χ4n) is 4.07. The molecule has 3 aromatic rings. The minimum atomic E-state index is -0.672. The van der Waals surface area contributed by atoms with E-state index in [4.69, 9.17) is 4.74 Å². The van der Waals surface area contributed by atoms with Crippen LogP contribution in [0, 0.1) is 12.8 Å². The highest BCUT2D eigenvalue weighted by molar-refractivity contribution is 7.10. The van der Waals surface area contributed by atoms with Crippen molar-refractivity contribution in [2.45, 2.75) is 32.4 Å². The summed E-state index contributed by atoms with van der Waals surface area (Å²) in [5, 5.41) is 11.5. The molecule has 0 saturated carbocycles. The van der Waals surface area contributed by atoms with E-state index in [1.165, 1.54) is 16.0 Å². The van der Waals surface area contributed by atoms with Crippen LogP contribution in [0.3, 0.4) is 0 Å². The van der Waals surface area contributed by atoms with Gasteiger partial charge in [-0.3, -0.25) is 9.69 Å². The lowest BCUT2D eigenvalue weighted by Crippen LogP contribution is -2.39. The molecule has 1 aromatic heterocycles. The quantitative estimate of drug-likeness (QED) is 0.546. The van der Waals surface area contributed by atoms with Gasteiger partial charge in [-0.05, 0) is 73.1 Å². The molecule has 1 fully saturated rings. The van der Waals surface area contributed by atoms with E-state index in [0.29, 0.717) is 19.4 Å². The Bertz CT molecular complexity index is 977. The normalized spacial score (nSPS) is 16.3. The Hall–Kier alpha value is -2.63. The molecule has 0 bridgehead atoms. The number of rotatable bonds is 7. The first-order valence-electron chi connectivity index (χ1n) is 10.4. The number of aryl methyl sites for hydroxylation is 1. The highest BCUT2D eigenvalue weighted by Gasteiger charge is 2.31. The Morgan fingerprint density at radius 3 is 2.57 bits per heavy atom. The molecule has 0 amide bonds. The summed E-state index contributed by atoms with van der Waals surface area (Å²) < 4.78 is 6.07. The molecule has 1 saturated heterocycles. The minimum Gasteiger partial charge on any atom is -0.489 e. The lowest BCUT2D eigenvalue weighted by atomic mass is 9.93. The van der Waals surface area contributed by atoms with Crippen LogP contribution in [-0.4, -0.2) is 29.1 Å². The van der Waals surface area contributed by atoms with Crippen molar-refractivity contribution in [2.24, 2.45) is 5.92 Å². The van der Waals surface area contributed by atoms with Gasteiger partial charge in [-0.15, -0.1) is 11.3 Å². The lowest BCUT2D eigenvalue weighted by Gasteiger charge is -2.36. The summed E-state index contributed by atoms with van der Waals surface area (Å²) in [6, 6.07) is 20.9. The number of carboxylic acid groups (broad SMARTS) is 1. The number of hydrogen-bond acceptors (Lipinski definition) is 4. The maximum absolute atomic E-state index is 11.4. The van der Waals surface area contributed by atoms with E-state index in [9.17, 15) is 9.90 Å². The van der Waals surface area contributed by atoms with Crippen molar-refractivity contribution < 1.29 is 14.6 Å². The average Bonchev–Trinajstić information content (AvgIpc) is 3.19. The third kappa shape index (κ3) is 4.91. The van der Waals surface area contributed by atoms with Crippen molar-refractivity contribution in [1.82, 2.24) is 4.90 Å². The van der Waals surface area contributed by atoms with Crippen molar-refractivity contribution in [3.63, 3.8) is 0 Å². The maximum atomic E-state index is 11.4. The van der Waals surface area contributed by atoms with Crippen molar-refractivity contribution in [2.75, 3.05) is 13.1 Å². The number of hydrogen-bond donors (Lipinski definition) is 1. The van der Waals surface area contributed by atoms with Gasteiger partial charge in [-0.25, -0.2) is 0 Å². The second kappa shape index (κ2) is 9.45. The molecule has 1 atom stereocenters. The first-order valence-corrected chi connectivity index (χ1v) is 11.3. The van der Waals surface area contributed by atoms with E-state index in [-0.39, 0.29) is 12.0 Å². The number of ether oxygens (including phenoxy) is 1. The van der Waals surface area contributed by atoms with Crippen LogP contribution in [0.4, 0.5) is 0 Å². The van der Waals surface area contributed by atoms with Crippen molar-refractivity contribution in [3.8, 4) is 5.75 Å². The van der Waals surface area contributed by atoms with Crippen LogP contribution in [0.15, 0.2) is 66.0 Å². The Morgan fingerprint density at radius 2 is 1.90 bits per heavy atom. The topological polar surface area (TPSA) is 49.8 Å². The highest BCUT2D eigenvalue weighted by atomic mass is 32.1. The number of likely N-dealkylation sites (tertiary alicyclic amines) is 1. The van der Waals surface area contributed by atoms with E-state index in [1.54, 1.807) is 11.3 Å². The fourth-order valence-corrected chi connectivity index (χ4v) is 5.13. The third-order valence-corrected chi connectivity index (χ3v) is 6.79. The number of nitrogens with zero attached hydrogens (tertiary/aromatic N) is 1. The van der Waals surface area contributed by atoms with Crippen molar-refractivity contribution >= 4 is 17.3 Å². The molecule has 2 heterocycles. The molecule has 156 valence electrons. The molecule has 2 aromatic carbocycles. The van der Waals surface area contributed by atoms with Gasteiger partial charge in [0.05, 0.1) is 12.0 Å². The number of piperidine rings is 1. The maximum Gasteiger partial charge on any atom is 0.306 e. The van der Waals surface area contributed by atoms with E-state index in [0.717, 1.165) is 24.4 Å². The molecular weight excluding hydrogens is 394 g/mol. The van der Waals surface area contributed by atoms with Crippen LogP contribution >= 0.6 is 11.3 Å².